The molecule has 1 unspecified atom stereocenters. The van der Waals surface area contributed by atoms with Crippen molar-refractivity contribution in [2.45, 2.75) is 64.2 Å². The number of rotatable bonds is 10. The Morgan fingerprint density at radius 1 is 1.16 bits per heavy atom. The van der Waals surface area contributed by atoms with Gasteiger partial charge in [0.1, 0.15) is 0 Å². The van der Waals surface area contributed by atoms with E-state index in [9.17, 15) is 4.79 Å². The molecule has 0 bridgehead atoms. The van der Waals surface area contributed by atoms with Gasteiger partial charge >= 0.3 is 5.97 Å². The van der Waals surface area contributed by atoms with Crippen LogP contribution in [0, 0.1) is 0 Å². The molecule has 1 aliphatic rings. The van der Waals surface area contributed by atoms with E-state index in [1.165, 1.54) is 40.8 Å². The summed E-state index contributed by atoms with van der Waals surface area (Å²) in [5.74, 6) is -0.329. The number of methoxy groups -OCH3 is 1. The third-order valence-electron chi connectivity index (χ3n) is 8.56. The molecule has 0 saturated carbocycles. The van der Waals surface area contributed by atoms with Gasteiger partial charge in [-0.3, -0.25) is 4.90 Å². The van der Waals surface area contributed by atoms with Gasteiger partial charge in [0, 0.05) is 56.0 Å². The number of hydrogen-bond donors (Lipinski definition) is 0. The first kappa shape index (κ1) is 28.3. The van der Waals surface area contributed by atoms with Crippen LogP contribution in [-0.4, -0.2) is 50.6 Å². The summed E-state index contributed by atoms with van der Waals surface area (Å²) in [6, 6.07) is 15.7. The lowest BCUT2D eigenvalue weighted by molar-refractivity contribution is -0.134. The van der Waals surface area contributed by atoms with Crippen LogP contribution in [0.1, 0.15) is 55.5 Å². The Hall–Kier alpha value is -2.67. The Bertz CT molecular complexity index is 1300. The lowest BCUT2D eigenvalue weighted by Gasteiger charge is -2.37. The van der Waals surface area contributed by atoms with Gasteiger partial charge in [-0.15, -0.1) is 0 Å². The molecule has 0 radical (unpaired) electrons. The fourth-order valence-corrected chi connectivity index (χ4v) is 6.31. The number of para-hydroxylation sites is 1. The van der Waals surface area contributed by atoms with Crippen molar-refractivity contribution < 1.29 is 14.0 Å². The van der Waals surface area contributed by atoms with Gasteiger partial charge in [-0.25, -0.2) is 4.79 Å². The topological polar surface area (TPSA) is 43.7 Å². The van der Waals surface area contributed by atoms with Crippen molar-refractivity contribution in [2.24, 2.45) is 7.05 Å². The van der Waals surface area contributed by atoms with E-state index in [4.69, 9.17) is 9.16 Å². The van der Waals surface area contributed by atoms with Crippen molar-refractivity contribution in [3.05, 3.63) is 77.0 Å². The molecule has 1 heterocycles. The Morgan fingerprint density at radius 3 is 2.66 bits per heavy atom. The van der Waals surface area contributed by atoms with Crippen molar-refractivity contribution >= 4 is 31.3 Å². The Balaban J connectivity index is 1.54. The molecule has 0 N–H and O–H groups in total. The number of carbonyl (C=O) groups is 1. The Morgan fingerprint density at radius 2 is 1.92 bits per heavy atom. The normalized spacial score (nSPS) is 16.1. The van der Waals surface area contributed by atoms with Crippen LogP contribution in [0.15, 0.2) is 54.7 Å². The van der Waals surface area contributed by atoms with E-state index in [-0.39, 0.29) is 11.0 Å². The Kier molecular flexibility index (Phi) is 8.65. The highest BCUT2D eigenvalue weighted by Gasteiger charge is 2.37. The van der Waals surface area contributed by atoms with E-state index in [0.29, 0.717) is 6.04 Å². The molecule has 0 aliphatic heterocycles. The maximum atomic E-state index is 11.5. The Labute approximate surface area is 229 Å². The van der Waals surface area contributed by atoms with Crippen LogP contribution in [0.25, 0.3) is 17.0 Å². The van der Waals surface area contributed by atoms with Crippen molar-refractivity contribution in [2.75, 3.05) is 26.8 Å². The first-order valence-electron chi connectivity index (χ1n) is 13.8. The van der Waals surface area contributed by atoms with E-state index in [1.807, 2.05) is 6.08 Å². The van der Waals surface area contributed by atoms with E-state index in [2.05, 4.69) is 99.0 Å². The quantitative estimate of drug-likeness (QED) is 0.162. The molecular weight excluding hydrogens is 488 g/mol. The number of hydrogen-bond acceptors (Lipinski definition) is 4. The number of aromatic nitrogens is 1. The molecule has 6 heteroatoms. The molecule has 1 atom stereocenters. The summed E-state index contributed by atoms with van der Waals surface area (Å²) < 4.78 is 13.6. The number of fused-ring (bicyclic) bond motifs is 2. The zero-order valence-corrected chi connectivity index (χ0v) is 25.2. The van der Waals surface area contributed by atoms with Crippen LogP contribution < -0.4 is 0 Å². The van der Waals surface area contributed by atoms with Gasteiger partial charge in [-0.1, -0.05) is 57.2 Å². The van der Waals surface area contributed by atoms with E-state index >= 15 is 0 Å². The molecule has 0 spiro atoms. The fraction of sp³-hybridized carbons (Fsp3) is 0.469. The van der Waals surface area contributed by atoms with E-state index in [1.54, 1.807) is 0 Å². The second kappa shape index (κ2) is 11.6. The van der Waals surface area contributed by atoms with E-state index in [0.717, 1.165) is 44.5 Å². The maximum absolute atomic E-state index is 11.5. The van der Waals surface area contributed by atoms with Crippen LogP contribution in [0.5, 0.6) is 0 Å². The zero-order valence-electron chi connectivity index (χ0n) is 24.2. The summed E-state index contributed by atoms with van der Waals surface area (Å²) >= 11 is 0. The maximum Gasteiger partial charge on any atom is 0.330 e. The van der Waals surface area contributed by atoms with E-state index < -0.39 is 8.32 Å². The smallest absolute Gasteiger partial charge is 0.330 e. The van der Waals surface area contributed by atoms with Gasteiger partial charge in [0.2, 0.25) is 0 Å². The van der Waals surface area contributed by atoms with Gasteiger partial charge in [-0.2, -0.15) is 0 Å². The number of esters is 1. The average molecular weight is 533 g/mol. The van der Waals surface area contributed by atoms with Crippen LogP contribution in [-0.2, 0) is 33.8 Å². The first-order chi connectivity index (χ1) is 18.0. The molecule has 0 amide bonds. The second-order valence-corrected chi connectivity index (χ2v) is 16.9. The predicted octanol–water partition coefficient (Wildman–Crippen LogP) is 6.92. The van der Waals surface area contributed by atoms with Gasteiger partial charge < -0.3 is 13.7 Å². The third-order valence-corrected chi connectivity index (χ3v) is 13.1. The van der Waals surface area contributed by atoms with Crippen molar-refractivity contribution in [3.8, 4) is 0 Å². The SMILES string of the molecule is COC(=O)C=Cc1ccc2c(c1)CCC2N(CCO[Si](C)(C)C(C)(C)C)CCc1cn(C)c2ccccc12. The number of carbonyl (C=O) groups excluding carboxylic acids is 1. The molecule has 1 aliphatic carbocycles. The summed E-state index contributed by atoms with van der Waals surface area (Å²) in [7, 11) is 1.73. The van der Waals surface area contributed by atoms with Crippen LogP contribution in [0.3, 0.4) is 0 Å². The summed E-state index contributed by atoms with van der Waals surface area (Å²) in [6.45, 7) is 14.3. The van der Waals surface area contributed by atoms with Gasteiger partial charge in [0.05, 0.1) is 7.11 Å². The molecular formula is C32H44N2O3Si. The highest BCUT2D eigenvalue weighted by atomic mass is 28.4. The third kappa shape index (κ3) is 6.30. The predicted molar refractivity (Wildman–Crippen MR) is 160 cm³/mol. The lowest BCUT2D eigenvalue weighted by atomic mass is 10.0. The lowest BCUT2D eigenvalue weighted by Crippen LogP contribution is -2.43. The summed E-state index contributed by atoms with van der Waals surface area (Å²) in [6.07, 6.45) is 8.78. The summed E-state index contributed by atoms with van der Waals surface area (Å²) in [5.41, 5.74) is 6.51. The summed E-state index contributed by atoms with van der Waals surface area (Å²) in [4.78, 5) is 14.2. The monoisotopic (exact) mass is 532 g/mol. The molecule has 38 heavy (non-hydrogen) atoms. The van der Waals surface area contributed by atoms with Crippen molar-refractivity contribution in [1.29, 1.82) is 0 Å². The van der Waals surface area contributed by atoms with Crippen LogP contribution >= 0.6 is 0 Å². The molecule has 5 nitrogen and oxygen atoms in total. The van der Waals surface area contributed by atoms with Crippen LogP contribution in [0.2, 0.25) is 18.1 Å². The largest absolute Gasteiger partial charge is 0.466 e. The minimum atomic E-state index is -1.81. The van der Waals surface area contributed by atoms with Crippen molar-refractivity contribution in [3.63, 3.8) is 0 Å². The minimum Gasteiger partial charge on any atom is -0.466 e. The fourth-order valence-electron chi connectivity index (χ4n) is 5.28. The number of benzene rings is 2. The molecule has 4 rings (SSSR count). The average Bonchev–Trinajstić information content (AvgIpc) is 3.44. The number of ether oxygens (including phenoxy) is 1. The zero-order chi connectivity index (χ0) is 27.5. The highest BCUT2D eigenvalue weighted by Crippen LogP contribution is 2.38. The molecule has 2 aromatic carbocycles. The summed E-state index contributed by atoms with van der Waals surface area (Å²) in [5, 5.41) is 1.55. The van der Waals surface area contributed by atoms with Gasteiger partial charge in [-0.05, 0) is 71.8 Å². The number of nitrogens with zero attached hydrogens (tertiary/aromatic N) is 2. The molecule has 0 saturated heterocycles. The molecule has 0 fully saturated rings. The van der Waals surface area contributed by atoms with Gasteiger partial charge in [0.15, 0.2) is 8.32 Å². The number of aryl methyl sites for hydroxylation is 2. The highest BCUT2D eigenvalue weighted by molar-refractivity contribution is 6.74. The standard InChI is InChI=1S/C32H44N2O3Si/c1-32(2,3)38(6,7)37-21-20-34(19-18-26-23-33(4)29-11-9-8-10-27(26)29)30-16-14-25-22-24(12-15-28(25)30)13-17-31(35)36-5/h8-13,15,17,22-23,30H,14,16,18-21H2,1-7H3. The van der Waals surface area contributed by atoms with Crippen molar-refractivity contribution in [1.82, 2.24) is 9.47 Å². The first-order valence-corrected chi connectivity index (χ1v) is 16.7. The second-order valence-electron chi connectivity index (χ2n) is 12.0. The molecule has 1 aromatic heterocycles. The minimum absolute atomic E-state index is 0.203. The molecule has 204 valence electrons. The van der Waals surface area contributed by atoms with Crippen LogP contribution in [0.4, 0.5) is 0 Å². The molecule has 3 aromatic rings. The van der Waals surface area contributed by atoms with Gasteiger partial charge in [0.25, 0.3) is 0 Å².